The van der Waals surface area contributed by atoms with Crippen LogP contribution >= 0.6 is 0 Å². The van der Waals surface area contributed by atoms with Crippen LogP contribution < -0.4 is 0 Å². The van der Waals surface area contributed by atoms with Crippen LogP contribution in [-0.4, -0.2) is 33.2 Å². The molecular formula is C81H47N7O2. The highest BCUT2D eigenvalue weighted by Crippen LogP contribution is 2.45. The van der Waals surface area contributed by atoms with E-state index in [0.717, 1.165) is 127 Å². The van der Waals surface area contributed by atoms with E-state index in [1.54, 1.807) is 0 Å². The van der Waals surface area contributed by atoms with E-state index < -0.39 is 0 Å². The van der Waals surface area contributed by atoms with Crippen LogP contribution in [0, 0.1) is 0 Å². The Hall–Kier alpha value is -12.3. The predicted octanol–water partition coefficient (Wildman–Crippen LogP) is 21.1. The Labute approximate surface area is 512 Å². The maximum absolute atomic E-state index is 6.95. The highest BCUT2D eigenvalue weighted by molar-refractivity contribution is 6.26. The van der Waals surface area contributed by atoms with Crippen molar-refractivity contribution in [1.82, 2.24) is 33.2 Å². The summed E-state index contributed by atoms with van der Waals surface area (Å²) in [5, 5.41) is 13.5. The van der Waals surface area contributed by atoms with Crippen LogP contribution in [0.2, 0.25) is 0 Å². The van der Waals surface area contributed by atoms with Gasteiger partial charge in [-0.2, -0.15) is 0 Å². The Morgan fingerprint density at radius 2 is 0.533 bits per heavy atom. The monoisotopic (exact) mass is 1150 g/mol. The Morgan fingerprint density at radius 1 is 0.211 bits per heavy atom. The summed E-state index contributed by atoms with van der Waals surface area (Å²) >= 11 is 0. The first-order valence-corrected chi connectivity index (χ1v) is 30.4. The zero-order valence-corrected chi connectivity index (χ0v) is 48.1. The minimum atomic E-state index is 0.566. The normalized spacial score (nSPS) is 12.2. The topological polar surface area (TPSA) is 84.7 Å². The first-order chi connectivity index (χ1) is 44.6. The van der Waals surface area contributed by atoms with E-state index in [1.807, 2.05) is 18.2 Å². The van der Waals surface area contributed by atoms with Crippen molar-refractivity contribution in [3.05, 3.63) is 285 Å². The number of hydrogen-bond acceptors (Lipinski definition) is 5. The van der Waals surface area contributed by atoms with Crippen LogP contribution in [0.3, 0.4) is 0 Å². The van der Waals surface area contributed by atoms with Crippen LogP contribution in [0.1, 0.15) is 0 Å². The summed E-state index contributed by atoms with van der Waals surface area (Å²) in [5.41, 5.74) is 19.0. The molecule has 0 aliphatic carbocycles. The first kappa shape index (κ1) is 48.9. The van der Waals surface area contributed by atoms with Gasteiger partial charge in [-0.25, -0.2) is 15.0 Å². The van der Waals surface area contributed by atoms with Gasteiger partial charge in [-0.05, 0) is 121 Å². The second kappa shape index (κ2) is 18.6. The lowest BCUT2D eigenvalue weighted by atomic mass is 10.1. The highest BCUT2D eigenvalue weighted by atomic mass is 16.3. The van der Waals surface area contributed by atoms with Crippen LogP contribution in [-0.2, 0) is 0 Å². The molecule has 418 valence electrons. The van der Waals surface area contributed by atoms with Crippen molar-refractivity contribution in [2.24, 2.45) is 0 Å². The lowest BCUT2D eigenvalue weighted by Gasteiger charge is -2.13. The third kappa shape index (κ3) is 6.99. The van der Waals surface area contributed by atoms with E-state index in [2.05, 4.69) is 285 Å². The van der Waals surface area contributed by atoms with Gasteiger partial charge >= 0.3 is 0 Å². The Morgan fingerprint density at radius 3 is 0.944 bits per heavy atom. The summed E-state index contributed by atoms with van der Waals surface area (Å²) in [6.45, 7) is 0. The van der Waals surface area contributed by atoms with E-state index in [9.17, 15) is 0 Å². The standard InChI is InChI=1S/C81H47N7O2/c1-2-18-48(19-3-1)79-82-80(49-20-16-22-51(44-49)87-69-34-14-8-28-61(69)75-71(87)40-38-59-63-46-53(36-42-73(63)89-77(59)75)85-65-30-10-4-24-55(65)56-25-5-11-31-66(56)85)84-81(83-79)50-21-17-23-52(45-50)88-70-35-15-9-29-62(70)76-72(88)41-39-60-64-47-54(37-43-74(64)90-78(60)76)86-67-32-12-6-26-57(67)58-27-7-13-33-68(58)86/h1-47H. The molecule has 9 nitrogen and oxygen atoms in total. The van der Waals surface area contributed by atoms with Gasteiger partial charge < -0.3 is 27.1 Å². The SMILES string of the molecule is c1ccc(-c2nc(-c3cccc(-n4c5ccccc5c5c6oc7ccc(-n8c9ccccc9c9ccccc98)cc7c6ccc54)c3)nc(-c3cccc(-n4c5ccccc5c5c6oc7ccc(-n8c9ccccc9c9ccccc98)cc7c6ccc54)c3)n2)cc1. The maximum atomic E-state index is 6.95. The summed E-state index contributed by atoms with van der Waals surface area (Å²) in [7, 11) is 0. The lowest BCUT2D eigenvalue weighted by Crippen LogP contribution is -2.02. The van der Waals surface area contributed by atoms with Crippen molar-refractivity contribution in [2.75, 3.05) is 0 Å². The van der Waals surface area contributed by atoms with Crippen molar-refractivity contribution in [3.63, 3.8) is 0 Å². The van der Waals surface area contributed by atoms with Gasteiger partial charge in [0.1, 0.15) is 22.3 Å². The fourth-order valence-corrected chi connectivity index (χ4v) is 14.7. The number of para-hydroxylation sites is 6. The smallest absolute Gasteiger partial charge is 0.164 e. The van der Waals surface area contributed by atoms with E-state index >= 15 is 0 Å². The lowest BCUT2D eigenvalue weighted by molar-refractivity contribution is 0.672. The maximum Gasteiger partial charge on any atom is 0.164 e. The fourth-order valence-electron chi connectivity index (χ4n) is 14.7. The first-order valence-electron chi connectivity index (χ1n) is 30.4. The number of hydrogen-bond donors (Lipinski definition) is 0. The fraction of sp³-hybridized carbons (Fsp3) is 0. The van der Waals surface area contributed by atoms with Crippen LogP contribution in [0.15, 0.2) is 294 Å². The molecule has 0 radical (unpaired) electrons. The number of benzene rings is 13. The molecule has 0 N–H and O–H groups in total. The molecule has 7 heterocycles. The van der Waals surface area contributed by atoms with E-state index in [1.165, 1.54) is 43.6 Å². The van der Waals surface area contributed by atoms with Crippen molar-refractivity contribution in [1.29, 1.82) is 0 Å². The molecular weight excluding hydrogens is 1100 g/mol. The second-order valence-corrected chi connectivity index (χ2v) is 23.5. The molecule has 90 heavy (non-hydrogen) atoms. The van der Waals surface area contributed by atoms with Gasteiger partial charge in [0.25, 0.3) is 0 Å². The number of aromatic nitrogens is 7. The molecule has 20 rings (SSSR count). The zero-order chi connectivity index (χ0) is 58.7. The number of furan rings is 2. The van der Waals surface area contributed by atoms with Gasteiger partial charge in [-0.3, -0.25) is 0 Å². The molecule has 0 saturated carbocycles. The summed E-state index contributed by atoms with van der Waals surface area (Å²) in [5.74, 6) is 1.72. The molecule has 0 atom stereocenters. The molecule has 7 aromatic heterocycles. The second-order valence-electron chi connectivity index (χ2n) is 23.5. The molecule has 13 aromatic carbocycles. The number of nitrogens with zero attached hydrogens (tertiary/aromatic N) is 7. The number of fused-ring (bicyclic) bond motifs is 20. The highest BCUT2D eigenvalue weighted by Gasteiger charge is 2.24. The Balaban J connectivity index is 0.708. The summed E-state index contributed by atoms with van der Waals surface area (Å²) in [4.78, 5) is 15.9. The van der Waals surface area contributed by atoms with Gasteiger partial charge in [-0.1, -0.05) is 164 Å². The molecule has 0 unspecified atom stereocenters. The molecule has 0 aliphatic rings. The van der Waals surface area contributed by atoms with Crippen molar-refractivity contribution < 1.29 is 8.83 Å². The summed E-state index contributed by atoms with van der Waals surface area (Å²) < 4.78 is 23.3. The van der Waals surface area contributed by atoms with E-state index in [0.29, 0.717) is 17.5 Å². The van der Waals surface area contributed by atoms with Gasteiger partial charge in [0.2, 0.25) is 0 Å². The van der Waals surface area contributed by atoms with Crippen LogP contribution in [0.25, 0.3) is 188 Å². The van der Waals surface area contributed by atoms with Gasteiger partial charge in [0.05, 0.1) is 54.9 Å². The van der Waals surface area contributed by atoms with Gasteiger partial charge in [-0.15, -0.1) is 0 Å². The van der Waals surface area contributed by atoms with E-state index in [-0.39, 0.29) is 0 Å². The average molecular weight is 1150 g/mol. The van der Waals surface area contributed by atoms with Crippen molar-refractivity contribution in [2.45, 2.75) is 0 Å². The summed E-state index contributed by atoms with van der Waals surface area (Å²) in [6.07, 6.45) is 0. The largest absolute Gasteiger partial charge is 0.455 e. The molecule has 0 saturated heterocycles. The molecule has 20 aromatic rings. The Kier molecular flexibility index (Phi) is 10.1. The predicted molar refractivity (Wildman–Crippen MR) is 368 cm³/mol. The average Bonchev–Trinajstić information content (AvgIpc) is 1.63. The molecule has 9 heteroatoms. The molecule has 0 aliphatic heterocycles. The minimum Gasteiger partial charge on any atom is -0.455 e. The van der Waals surface area contributed by atoms with E-state index in [4.69, 9.17) is 23.8 Å². The zero-order valence-electron chi connectivity index (χ0n) is 48.1. The van der Waals surface area contributed by atoms with Crippen LogP contribution in [0.4, 0.5) is 0 Å². The molecule has 0 spiro atoms. The summed E-state index contributed by atoms with van der Waals surface area (Å²) in [6, 6.07) is 101. The molecule has 0 bridgehead atoms. The van der Waals surface area contributed by atoms with Crippen LogP contribution in [0.5, 0.6) is 0 Å². The quantitative estimate of drug-likeness (QED) is 0.159. The van der Waals surface area contributed by atoms with Crippen molar-refractivity contribution in [3.8, 4) is 56.9 Å². The van der Waals surface area contributed by atoms with Gasteiger partial charge in [0, 0.05) is 93.3 Å². The third-order valence-electron chi connectivity index (χ3n) is 18.6. The minimum absolute atomic E-state index is 0.566. The van der Waals surface area contributed by atoms with Gasteiger partial charge in [0.15, 0.2) is 17.5 Å². The third-order valence-corrected chi connectivity index (χ3v) is 18.6. The molecule has 0 amide bonds. The Bertz CT molecular complexity index is 5960. The molecule has 0 fully saturated rings. The van der Waals surface area contributed by atoms with Crippen molar-refractivity contribution >= 4 is 131 Å². The number of rotatable bonds is 7.